The lowest BCUT2D eigenvalue weighted by atomic mass is 9.75. The van der Waals surface area contributed by atoms with E-state index in [4.69, 9.17) is 0 Å². The Kier molecular flexibility index (Phi) is 3.57. The third-order valence-corrected chi connectivity index (χ3v) is 4.09. The second-order valence-corrected chi connectivity index (χ2v) is 6.26. The van der Waals surface area contributed by atoms with Crippen molar-refractivity contribution in [1.82, 2.24) is 10.6 Å². The van der Waals surface area contributed by atoms with E-state index in [-0.39, 0.29) is 5.91 Å². The highest BCUT2D eigenvalue weighted by molar-refractivity contribution is 5.94. The summed E-state index contributed by atoms with van der Waals surface area (Å²) in [4.78, 5) is 12.1. The van der Waals surface area contributed by atoms with Gasteiger partial charge in [0, 0.05) is 24.7 Å². The van der Waals surface area contributed by atoms with Crippen LogP contribution in [0.25, 0.3) is 0 Å². The maximum absolute atomic E-state index is 12.1. The van der Waals surface area contributed by atoms with Gasteiger partial charge in [0.15, 0.2) is 0 Å². The van der Waals surface area contributed by atoms with Gasteiger partial charge in [-0.05, 0) is 37.2 Å². The molecule has 1 saturated carbocycles. The van der Waals surface area contributed by atoms with Gasteiger partial charge in [0.25, 0.3) is 0 Å². The third kappa shape index (κ3) is 3.09. The zero-order valence-corrected chi connectivity index (χ0v) is 11.2. The van der Waals surface area contributed by atoms with E-state index in [0.29, 0.717) is 11.5 Å². The van der Waals surface area contributed by atoms with Crippen LogP contribution >= 0.6 is 0 Å². The molecule has 1 atom stereocenters. The highest BCUT2D eigenvalue weighted by Crippen LogP contribution is 2.35. The Morgan fingerprint density at radius 1 is 1.41 bits per heavy atom. The summed E-state index contributed by atoms with van der Waals surface area (Å²) in [6.07, 6.45) is 4.76. The maximum atomic E-state index is 12.1. The maximum Gasteiger partial charge on any atom is 0.247 e. The summed E-state index contributed by atoms with van der Waals surface area (Å²) in [5.41, 5.74) is 2.57. The molecule has 2 rings (SSSR count). The lowest BCUT2D eigenvalue weighted by molar-refractivity contribution is -0.118. The largest absolute Gasteiger partial charge is 0.350 e. The first-order valence-corrected chi connectivity index (χ1v) is 6.68. The van der Waals surface area contributed by atoms with E-state index < -0.39 is 0 Å². The Morgan fingerprint density at radius 3 is 2.65 bits per heavy atom. The minimum atomic E-state index is 0.143. The molecule has 2 fully saturated rings. The van der Waals surface area contributed by atoms with Crippen LogP contribution in [0.1, 0.15) is 46.5 Å². The van der Waals surface area contributed by atoms with E-state index in [1.165, 1.54) is 18.4 Å². The second-order valence-electron chi connectivity index (χ2n) is 6.26. The van der Waals surface area contributed by atoms with Gasteiger partial charge in [0.2, 0.25) is 5.91 Å². The Hall–Kier alpha value is -0.830. The van der Waals surface area contributed by atoms with Crippen molar-refractivity contribution in [1.29, 1.82) is 0 Å². The summed E-state index contributed by atoms with van der Waals surface area (Å²) in [6, 6.07) is 0.370. The Bertz CT molecular complexity index is 338. The smallest absolute Gasteiger partial charge is 0.247 e. The van der Waals surface area contributed by atoms with Gasteiger partial charge < -0.3 is 10.6 Å². The zero-order chi connectivity index (χ0) is 12.5. The van der Waals surface area contributed by atoms with Crippen LogP contribution < -0.4 is 10.6 Å². The highest BCUT2D eigenvalue weighted by atomic mass is 16.1. The number of nitrogens with one attached hydrogen (secondary N) is 2. The zero-order valence-electron chi connectivity index (χ0n) is 11.2. The van der Waals surface area contributed by atoms with Gasteiger partial charge in [0.05, 0.1) is 0 Å². The Balaban J connectivity index is 1.90. The number of carbonyl (C=O) groups excluding carboxylic acids is 1. The lowest BCUT2D eigenvalue weighted by Gasteiger charge is -2.35. The van der Waals surface area contributed by atoms with E-state index in [1.54, 1.807) is 0 Å². The van der Waals surface area contributed by atoms with Crippen molar-refractivity contribution in [3.8, 4) is 0 Å². The molecule has 0 aromatic heterocycles. The summed E-state index contributed by atoms with van der Waals surface area (Å²) in [5, 5.41) is 6.37. The first-order chi connectivity index (χ1) is 7.98. The number of hydrogen-bond acceptors (Lipinski definition) is 2. The molecule has 1 aliphatic heterocycles. The van der Waals surface area contributed by atoms with E-state index in [9.17, 15) is 4.79 Å². The topological polar surface area (TPSA) is 41.1 Å². The number of rotatable bonds is 2. The van der Waals surface area contributed by atoms with Gasteiger partial charge >= 0.3 is 0 Å². The molecule has 0 spiro atoms. The van der Waals surface area contributed by atoms with Crippen LogP contribution in [0.5, 0.6) is 0 Å². The van der Waals surface area contributed by atoms with Gasteiger partial charge in [0.1, 0.15) is 0 Å². The molecule has 2 aliphatic rings. The van der Waals surface area contributed by atoms with Crippen molar-refractivity contribution in [3.63, 3.8) is 0 Å². The monoisotopic (exact) mass is 236 g/mol. The quantitative estimate of drug-likeness (QED) is 0.720. The molecule has 1 unspecified atom stereocenters. The number of amides is 1. The molecular weight excluding hydrogens is 212 g/mol. The van der Waals surface area contributed by atoms with Gasteiger partial charge in [-0.25, -0.2) is 0 Å². The first-order valence-electron chi connectivity index (χ1n) is 6.68. The van der Waals surface area contributed by atoms with Gasteiger partial charge in [-0.1, -0.05) is 20.3 Å². The standard InChI is InChI=1S/C14H24N2O/c1-10(11-8-15-9-11)13(17)16-12-5-4-6-14(2,3)7-12/h12,15H,4-9H2,1-3H3,(H,16,17). The Morgan fingerprint density at radius 2 is 2.12 bits per heavy atom. The first kappa shape index (κ1) is 12.6. The molecule has 1 amide bonds. The normalized spacial score (nSPS) is 27.2. The highest BCUT2D eigenvalue weighted by Gasteiger charge is 2.29. The molecular formula is C14H24N2O. The van der Waals surface area contributed by atoms with Crippen LogP contribution in [0.3, 0.4) is 0 Å². The molecule has 1 saturated heterocycles. The molecule has 3 heteroatoms. The minimum absolute atomic E-state index is 0.143. The molecule has 2 N–H and O–H groups in total. The van der Waals surface area contributed by atoms with E-state index >= 15 is 0 Å². The summed E-state index contributed by atoms with van der Waals surface area (Å²) in [6.45, 7) is 8.31. The van der Waals surface area contributed by atoms with Crippen molar-refractivity contribution >= 4 is 5.91 Å². The van der Waals surface area contributed by atoms with Crippen molar-refractivity contribution in [3.05, 3.63) is 11.1 Å². The summed E-state index contributed by atoms with van der Waals surface area (Å²) in [7, 11) is 0. The number of carbonyl (C=O) groups is 1. The summed E-state index contributed by atoms with van der Waals surface area (Å²) in [5.74, 6) is 0.143. The predicted molar refractivity (Wildman–Crippen MR) is 69.7 cm³/mol. The predicted octanol–water partition coefficient (Wildman–Crippen LogP) is 1.99. The molecule has 96 valence electrons. The van der Waals surface area contributed by atoms with Gasteiger partial charge in [-0.3, -0.25) is 4.79 Å². The van der Waals surface area contributed by atoms with Crippen LogP contribution in [0, 0.1) is 5.41 Å². The second kappa shape index (κ2) is 4.81. The molecule has 0 radical (unpaired) electrons. The molecule has 17 heavy (non-hydrogen) atoms. The van der Waals surface area contributed by atoms with E-state index in [2.05, 4.69) is 24.5 Å². The van der Waals surface area contributed by atoms with Crippen LogP contribution in [0.15, 0.2) is 11.1 Å². The molecule has 1 heterocycles. The van der Waals surface area contributed by atoms with Crippen molar-refractivity contribution in [2.24, 2.45) is 5.41 Å². The Labute approximate surface area is 104 Å². The fraction of sp³-hybridized carbons (Fsp3) is 0.786. The van der Waals surface area contributed by atoms with E-state index in [0.717, 1.165) is 31.5 Å². The van der Waals surface area contributed by atoms with Crippen LogP contribution in [-0.4, -0.2) is 25.0 Å². The molecule has 1 aliphatic carbocycles. The van der Waals surface area contributed by atoms with Crippen molar-refractivity contribution in [2.45, 2.75) is 52.5 Å². The van der Waals surface area contributed by atoms with Crippen LogP contribution in [-0.2, 0) is 4.79 Å². The molecule has 0 aromatic rings. The minimum Gasteiger partial charge on any atom is -0.350 e. The fourth-order valence-corrected chi connectivity index (χ4v) is 2.79. The average Bonchev–Trinajstić information content (AvgIpc) is 2.12. The van der Waals surface area contributed by atoms with Gasteiger partial charge in [-0.2, -0.15) is 0 Å². The van der Waals surface area contributed by atoms with Crippen molar-refractivity contribution in [2.75, 3.05) is 13.1 Å². The fourth-order valence-electron chi connectivity index (χ4n) is 2.79. The summed E-state index contributed by atoms with van der Waals surface area (Å²) >= 11 is 0. The lowest BCUT2D eigenvalue weighted by Crippen LogP contribution is -2.43. The average molecular weight is 236 g/mol. The van der Waals surface area contributed by atoms with Crippen molar-refractivity contribution < 1.29 is 4.79 Å². The van der Waals surface area contributed by atoms with Crippen LogP contribution in [0.2, 0.25) is 0 Å². The SMILES string of the molecule is CC(C(=O)NC1CCCC(C)(C)C1)=C1CNC1. The third-order valence-electron chi connectivity index (χ3n) is 4.09. The molecule has 0 aromatic carbocycles. The number of hydrogen-bond donors (Lipinski definition) is 2. The molecule has 3 nitrogen and oxygen atoms in total. The van der Waals surface area contributed by atoms with Crippen LogP contribution in [0.4, 0.5) is 0 Å². The van der Waals surface area contributed by atoms with Gasteiger partial charge in [-0.15, -0.1) is 0 Å². The summed E-state index contributed by atoms with van der Waals surface area (Å²) < 4.78 is 0. The van der Waals surface area contributed by atoms with E-state index in [1.807, 2.05) is 6.92 Å². The molecule has 0 bridgehead atoms.